The Hall–Kier alpha value is -2.43. The van der Waals surface area contributed by atoms with Gasteiger partial charge in [-0.3, -0.25) is 9.59 Å². The number of ketones is 1. The minimum atomic E-state index is -0.500. The van der Waals surface area contributed by atoms with Gasteiger partial charge in [0.05, 0.1) is 19.4 Å². The number of ether oxygens (including phenoxy) is 2. The number of methoxy groups -OCH3 is 1. The van der Waals surface area contributed by atoms with Crippen LogP contribution in [0.1, 0.15) is 40.5 Å². The third-order valence-electron chi connectivity index (χ3n) is 5.62. The third kappa shape index (κ3) is 4.29. The van der Waals surface area contributed by atoms with Crippen LogP contribution in [0.3, 0.4) is 0 Å². The summed E-state index contributed by atoms with van der Waals surface area (Å²) < 4.78 is 10.4. The first-order valence-corrected chi connectivity index (χ1v) is 9.12. The van der Waals surface area contributed by atoms with Crippen LogP contribution in [0, 0.1) is 17.3 Å². The Morgan fingerprint density at radius 1 is 1.33 bits per heavy atom. The van der Waals surface area contributed by atoms with Gasteiger partial charge >= 0.3 is 11.9 Å². The highest BCUT2D eigenvalue weighted by Gasteiger charge is 2.62. The number of esters is 2. The van der Waals surface area contributed by atoms with Crippen molar-refractivity contribution in [2.45, 2.75) is 46.6 Å². The van der Waals surface area contributed by atoms with Crippen LogP contribution < -0.4 is 0 Å². The van der Waals surface area contributed by atoms with Gasteiger partial charge in [-0.25, -0.2) is 4.79 Å². The first kappa shape index (κ1) is 20.9. The van der Waals surface area contributed by atoms with Crippen LogP contribution in [0.4, 0.5) is 0 Å². The molecule has 3 atom stereocenters. The van der Waals surface area contributed by atoms with E-state index in [0.717, 1.165) is 5.57 Å². The molecular formula is C22H28O5. The summed E-state index contributed by atoms with van der Waals surface area (Å²) >= 11 is 0. The molecule has 5 heteroatoms. The number of carbonyl (C=O) groups excluding carboxylic acids is 3. The standard InChI is InChI=1S/C22H28O5/c1-7-8-9-10-15-14(3)18(12-17(15)23)27-21(25)19-16(22(19,4)5)11-13(2)20(24)26-6/h7-9,11,16,18-19H,1,10,12H2,2-6H3/b9-8+,13-11+/t16-,18+,19+/m1/s1. The Labute approximate surface area is 160 Å². The lowest BCUT2D eigenvalue weighted by Gasteiger charge is -2.13. The molecule has 2 rings (SSSR count). The van der Waals surface area contributed by atoms with Gasteiger partial charge in [-0.1, -0.05) is 44.7 Å². The van der Waals surface area contributed by atoms with E-state index in [4.69, 9.17) is 9.47 Å². The molecule has 0 aromatic carbocycles. The van der Waals surface area contributed by atoms with Crippen LogP contribution >= 0.6 is 0 Å². The van der Waals surface area contributed by atoms with Crippen LogP contribution in [0.5, 0.6) is 0 Å². The molecule has 0 aliphatic heterocycles. The molecular weight excluding hydrogens is 344 g/mol. The van der Waals surface area contributed by atoms with Crippen molar-refractivity contribution in [3.05, 3.63) is 47.6 Å². The van der Waals surface area contributed by atoms with E-state index in [2.05, 4.69) is 6.58 Å². The summed E-state index contributed by atoms with van der Waals surface area (Å²) in [7, 11) is 1.33. The number of allylic oxidation sites excluding steroid dienone is 5. The minimum Gasteiger partial charge on any atom is -0.466 e. The van der Waals surface area contributed by atoms with Gasteiger partial charge in [-0.15, -0.1) is 0 Å². The highest BCUT2D eigenvalue weighted by Crippen LogP contribution is 2.60. The number of rotatable bonds is 7. The number of hydrogen-bond acceptors (Lipinski definition) is 5. The average Bonchev–Trinajstić information content (AvgIpc) is 3.05. The predicted octanol–water partition coefficient (Wildman–Crippen LogP) is 3.71. The van der Waals surface area contributed by atoms with Gasteiger partial charge in [0.2, 0.25) is 0 Å². The molecule has 0 spiro atoms. The maximum atomic E-state index is 12.7. The monoisotopic (exact) mass is 372 g/mol. The van der Waals surface area contributed by atoms with E-state index in [-0.39, 0.29) is 35.4 Å². The Morgan fingerprint density at radius 3 is 2.59 bits per heavy atom. The van der Waals surface area contributed by atoms with E-state index in [1.54, 1.807) is 25.2 Å². The Bertz CT molecular complexity index is 751. The fraction of sp³-hybridized carbons (Fsp3) is 0.500. The lowest BCUT2D eigenvalue weighted by Crippen LogP contribution is -2.20. The molecule has 146 valence electrons. The van der Waals surface area contributed by atoms with Crippen molar-refractivity contribution < 1.29 is 23.9 Å². The van der Waals surface area contributed by atoms with Gasteiger partial charge in [0, 0.05) is 11.1 Å². The van der Waals surface area contributed by atoms with Gasteiger partial charge in [-0.05, 0) is 37.2 Å². The Kier molecular flexibility index (Phi) is 6.24. The molecule has 0 N–H and O–H groups in total. The summed E-state index contributed by atoms with van der Waals surface area (Å²) in [4.78, 5) is 36.5. The lowest BCUT2D eigenvalue weighted by atomic mass is 10.1. The summed E-state index contributed by atoms with van der Waals surface area (Å²) in [5, 5.41) is 0. The fourth-order valence-electron chi connectivity index (χ4n) is 3.70. The smallest absolute Gasteiger partial charge is 0.333 e. The quantitative estimate of drug-likeness (QED) is 0.387. The molecule has 0 saturated heterocycles. The Balaban J connectivity index is 2.07. The zero-order valence-corrected chi connectivity index (χ0v) is 16.7. The van der Waals surface area contributed by atoms with Gasteiger partial charge in [0.1, 0.15) is 6.10 Å². The van der Waals surface area contributed by atoms with Gasteiger partial charge in [0.25, 0.3) is 0 Å². The van der Waals surface area contributed by atoms with E-state index in [0.29, 0.717) is 17.6 Å². The minimum absolute atomic E-state index is 0.0204. The molecule has 0 unspecified atom stereocenters. The molecule has 1 fully saturated rings. The van der Waals surface area contributed by atoms with Crippen LogP contribution in [0.2, 0.25) is 0 Å². The highest BCUT2D eigenvalue weighted by molar-refractivity contribution is 6.00. The zero-order chi connectivity index (χ0) is 20.4. The molecule has 1 saturated carbocycles. The molecule has 5 nitrogen and oxygen atoms in total. The van der Waals surface area contributed by atoms with E-state index >= 15 is 0 Å². The maximum absolute atomic E-state index is 12.7. The van der Waals surface area contributed by atoms with Crippen molar-refractivity contribution in [1.29, 1.82) is 0 Å². The lowest BCUT2D eigenvalue weighted by molar-refractivity contribution is -0.150. The molecule has 0 aromatic rings. The highest BCUT2D eigenvalue weighted by atomic mass is 16.5. The molecule has 0 heterocycles. The second-order valence-electron chi connectivity index (χ2n) is 7.75. The second-order valence-corrected chi connectivity index (χ2v) is 7.75. The number of Topliss-reactive ketones (excluding diaryl/α,β-unsaturated/α-hetero) is 1. The maximum Gasteiger partial charge on any atom is 0.333 e. The first-order valence-electron chi connectivity index (χ1n) is 9.12. The van der Waals surface area contributed by atoms with Gasteiger partial charge in [0.15, 0.2) is 5.78 Å². The van der Waals surface area contributed by atoms with Crippen molar-refractivity contribution in [2.75, 3.05) is 7.11 Å². The Morgan fingerprint density at radius 2 is 2.00 bits per heavy atom. The van der Waals surface area contributed by atoms with Crippen LogP contribution in [0.25, 0.3) is 0 Å². The first-order chi connectivity index (χ1) is 12.6. The van der Waals surface area contributed by atoms with Crippen LogP contribution in [-0.4, -0.2) is 30.9 Å². The van der Waals surface area contributed by atoms with Gasteiger partial charge < -0.3 is 9.47 Å². The molecule has 0 amide bonds. The predicted molar refractivity (Wildman–Crippen MR) is 103 cm³/mol. The molecule has 0 aromatic heterocycles. The summed E-state index contributed by atoms with van der Waals surface area (Å²) in [5.74, 6) is -1.11. The largest absolute Gasteiger partial charge is 0.466 e. The molecule has 27 heavy (non-hydrogen) atoms. The third-order valence-corrected chi connectivity index (χ3v) is 5.62. The summed E-state index contributed by atoms with van der Waals surface area (Å²) in [6, 6.07) is 0. The van der Waals surface area contributed by atoms with Crippen molar-refractivity contribution in [1.82, 2.24) is 0 Å². The van der Waals surface area contributed by atoms with Gasteiger partial charge in [-0.2, -0.15) is 0 Å². The van der Waals surface area contributed by atoms with E-state index in [9.17, 15) is 14.4 Å². The molecule has 0 bridgehead atoms. The number of carbonyl (C=O) groups is 3. The summed E-state index contributed by atoms with van der Waals surface area (Å²) in [5.41, 5.74) is 1.72. The van der Waals surface area contributed by atoms with Crippen molar-refractivity contribution >= 4 is 17.7 Å². The summed E-state index contributed by atoms with van der Waals surface area (Å²) in [6.45, 7) is 11.1. The topological polar surface area (TPSA) is 69.7 Å². The van der Waals surface area contributed by atoms with E-state index in [1.807, 2.05) is 26.8 Å². The van der Waals surface area contributed by atoms with Crippen molar-refractivity contribution in [3.8, 4) is 0 Å². The number of hydrogen-bond donors (Lipinski definition) is 0. The zero-order valence-electron chi connectivity index (χ0n) is 16.7. The molecule has 0 radical (unpaired) electrons. The van der Waals surface area contributed by atoms with Crippen molar-refractivity contribution in [2.24, 2.45) is 17.3 Å². The van der Waals surface area contributed by atoms with E-state index < -0.39 is 12.1 Å². The van der Waals surface area contributed by atoms with Crippen LogP contribution in [0.15, 0.2) is 47.6 Å². The molecule has 2 aliphatic carbocycles. The fourth-order valence-corrected chi connectivity index (χ4v) is 3.70. The van der Waals surface area contributed by atoms with Crippen LogP contribution in [-0.2, 0) is 23.9 Å². The average molecular weight is 372 g/mol. The second kappa shape index (κ2) is 8.07. The summed E-state index contributed by atoms with van der Waals surface area (Å²) in [6.07, 6.45) is 7.32. The normalized spacial score (nSPS) is 27.1. The van der Waals surface area contributed by atoms with Crippen molar-refractivity contribution in [3.63, 3.8) is 0 Å². The SMILES string of the molecule is C=C/C=C/CC1=C(C)[C@@H](OC(=O)[C@@H]2[C@@H](/C=C(\C)C(=O)OC)C2(C)C)CC1=O. The van der Waals surface area contributed by atoms with E-state index in [1.165, 1.54) is 7.11 Å². The molecule has 2 aliphatic rings.